The van der Waals surface area contributed by atoms with Crippen molar-refractivity contribution in [1.82, 2.24) is 0 Å². The van der Waals surface area contributed by atoms with Crippen molar-refractivity contribution in [2.24, 2.45) is 0 Å². The minimum absolute atomic E-state index is 0.0454. The molecule has 0 aliphatic heterocycles. The summed E-state index contributed by atoms with van der Waals surface area (Å²) in [5.74, 6) is -3.32. The highest BCUT2D eigenvalue weighted by atomic mass is 19.3. The van der Waals surface area contributed by atoms with E-state index in [0.717, 1.165) is 23.6 Å². The van der Waals surface area contributed by atoms with Crippen LogP contribution in [-0.4, -0.2) is 25.1 Å². The fraction of sp³-hybridized carbons (Fsp3) is 0.476. The average molecular weight is 364 g/mol. The molecule has 0 saturated heterocycles. The van der Waals surface area contributed by atoms with Crippen LogP contribution in [0, 0.1) is 0 Å². The summed E-state index contributed by atoms with van der Waals surface area (Å²) >= 11 is 0. The molecule has 0 spiro atoms. The minimum atomic E-state index is -3.05. The molecule has 0 bridgehead atoms. The third-order valence-electron chi connectivity index (χ3n) is 4.93. The molecule has 5 heteroatoms. The van der Waals surface area contributed by atoms with Crippen LogP contribution in [0.5, 0.6) is 5.75 Å². The maximum Gasteiger partial charge on any atom is 0.344 e. The van der Waals surface area contributed by atoms with Crippen molar-refractivity contribution in [1.29, 1.82) is 0 Å². The van der Waals surface area contributed by atoms with Gasteiger partial charge in [-0.25, -0.2) is 13.6 Å². The van der Waals surface area contributed by atoms with E-state index >= 15 is 0 Å². The fourth-order valence-electron chi connectivity index (χ4n) is 2.95. The Kier molecular flexibility index (Phi) is 6.21. The Bertz CT molecular complexity index is 761. The van der Waals surface area contributed by atoms with E-state index in [1.807, 2.05) is 24.3 Å². The van der Waals surface area contributed by atoms with Gasteiger partial charge in [0, 0.05) is 12.3 Å². The minimum Gasteiger partial charge on any atom is -0.481 e. The third-order valence-corrected chi connectivity index (χ3v) is 4.93. The van der Waals surface area contributed by atoms with Crippen LogP contribution in [0.2, 0.25) is 0 Å². The van der Waals surface area contributed by atoms with Gasteiger partial charge in [0.25, 0.3) is 5.92 Å². The first kappa shape index (κ1) is 20.1. The second-order valence-electron chi connectivity index (χ2n) is 6.94. The Morgan fingerprint density at radius 1 is 1.00 bits per heavy atom. The molecule has 0 unspecified atom stereocenters. The standard InChI is InChI=1S/C21H26F2O3/c1-5-20(3,6-2)17-11-7-10-16-15(17)9-8-12-18(16)25-13-19(24)26-14-21(4,22)23/h7-12H,5-6,13-14H2,1-4H3. The summed E-state index contributed by atoms with van der Waals surface area (Å²) in [5.41, 5.74) is 1.28. The molecule has 0 heterocycles. The Morgan fingerprint density at radius 2 is 1.62 bits per heavy atom. The Balaban J connectivity index is 2.24. The van der Waals surface area contributed by atoms with Gasteiger partial charge in [-0.2, -0.15) is 0 Å². The molecule has 0 fully saturated rings. The Hall–Kier alpha value is -2.17. The van der Waals surface area contributed by atoms with E-state index in [9.17, 15) is 13.6 Å². The van der Waals surface area contributed by atoms with E-state index in [-0.39, 0.29) is 5.41 Å². The number of fused-ring (bicyclic) bond motifs is 1. The quantitative estimate of drug-likeness (QED) is 0.581. The van der Waals surface area contributed by atoms with Crippen LogP contribution in [-0.2, 0) is 14.9 Å². The van der Waals surface area contributed by atoms with Crippen LogP contribution in [0.4, 0.5) is 8.78 Å². The van der Waals surface area contributed by atoms with E-state index in [1.54, 1.807) is 6.07 Å². The number of alkyl halides is 2. The molecule has 0 amide bonds. The number of halogens is 2. The third kappa shape index (κ3) is 4.71. The van der Waals surface area contributed by atoms with Crippen molar-refractivity contribution < 1.29 is 23.0 Å². The molecule has 2 rings (SSSR count). The highest BCUT2D eigenvalue weighted by molar-refractivity contribution is 5.92. The highest BCUT2D eigenvalue weighted by Gasteiger charge is 2.25. The zero-order valence-corrected chi connectivity index (χ0v) is 15.8. The number of rotatable bonds is 8. The lowest BCUT2D eigenvalue weighted by Gasteiger charge is -2.29. The summed E-state index contributed by atoms with van der Waals surface area (Å²) in [6, 6.07) is 11.7. The van der Waals surface area contributed by atoms with Crippen LogP contribution in [0.15, 0.2) is 36.4 Å². The zero-order valence-electron chi connectivity index (χ0n) is 15.8. The zero-order chi connectivity index (χ0) is 19.4. The lowest BCUT2D eigenvalue weighted by Crippen LogP contribution is -2.24. The van der Waals surface area contributed by atoms with Gasteiger partial charge in [0.05, 0.1) is 0 Å². The number of carbonyl (C=O) groups is 1. The molecular formula is C21H26F2O3. The van der Waals surface area contributed by atoms with Crippen molar-refractivity contribution in [3.8, 4) is 5.75 Å². The molecule has 142 valence electrons. The van der Waals surface area contributed by atoms with E-state index in [1.165, 1.54) is 5.56 Å². The van der Waals surface area contributed by atoms with Crippen molar-refractivity contribution in [3.05, 3.63) is 42.0 Å². The first-order valence-corrected chi connectivity index (χ1v) is 8.88. The predicted molar refractivity (Wildman–Crippen MR) is 99.0 cm³/mol. The van der Waals surface area contributed by atoms with Gasteiger partial charge >= 0.3 is 5.97 Å². The van der Waals surface area contributed by atoms with Crippen LogP contribution in [0.25, 0.3) is 10.8 Å². The summed E-state index contributed by atoms with van der Waals surface area (Å²) in [7, 11) is 0. The van der Waals surface area contributed by atoms with Crippen LogP contribution in [0.3, 0.4) is 0 Å². The molecule has 0 radical (unpaired) electrons. The maximum absolute atomic E-state index is 12.8. The molecule has 0 aromatic heterocycles. The first-order valence-electron chi connectivity index (χ1n) is 8.88. The summed E-state index contributed by atoms with van der Waals surface area (Å²) in [5, 5.41) is 1.97. The van der Waals surface area contributed by atoms with Gasteiger partial charge in [-0.15, -0.1) is 0 Å². The Labute approximate surface area is 153 Å². The maximum atomic E-state index is 12.8. The molecule has 2 aromatic rings. The molecule has 0 N–H and O–H groups in total. The predicted octanol–water partition coefficient (Wildman–Crippen LogP) is 5.49. The molecule has 0 saturated carbocycles. The summed E-state index contributed by atoms with van der Waals surface area (Å²) in [6.45, 7) is 5.92. The fourth-order valence-corrected chi connectivity index (χ4v) is 2.95. The van der Waals surface area contributed by atoms with Crippen LogP contribution >= 0.6 is 0 Å². The normalized spacial score (nSPS) is 12.2. The largest absolute Gasteiger partial charge is 0.481 e. The highest BCUT2D eigenvalue weighted by Crippen LogP contribution is 2.38. The lowest BCUT2D eigenvalue weighted by molar-refractivity contribution is -0.155. The van der Waals surface area contributed by atoms with Gasteiger partial charge in [0.2, 0.25) is 0 Å². The molecule has 2 aromatic carbocycles. The number of carbonyl (C=O) groups excluding carboxylic acids is 1. The van der Waals surface area contributed by atoms with Gasteiger partial charge in [0.15, 0.2) is 13.2 Å². The van der Waals surface area contributed by atoms with Crippen molar-refractivity contribution in [3.63, 3.8) is 0 Å². The molecular weight excluding hydrogens is 338 g/mol. The number of benzene rings is 2. The van der Waals surface area contributed by atoms with Crippen molar-refractivity contribution in [2.75, 3.05) is 13.2 Å². The summed E-state index contributed by atoms with van der Waals surface area (Å²) in [4.78, 5) is 11.6. The topological polar surface area (TPSA) is 35.5 Å². The SMILES string of the molecule is CCC(C)(CC)c1cccc2c(OCC(=O)OCC(C)(F)F)cccc12. The van der Waals surface area contributed by atoms with Gasteiger partial charge in [0.1, 0.15) is 5.75 Å². The number of hydrogen-bond donors (Lipinski definition) is 0. The molecule has 26 heavy (non-hydrogen) atoms. The van der Waals surface area contributed by atoms with Crippen molar-refractivity contribution >= 4 is 16.7 Å². The number of esters is 1. The van der Waals surface area contributed by atoms with Gasteiger partial charge < -0.3 is 9.47 Å². The van der Waals surface area contributed by atoms with Gasteiger partial charge in [-0.05, 0) is 35.3 Å². The van der Waals surface area contributed by atoms with E-state index in [2.05, 4.69) is 31.6 Å². The van der Waals surface area contributed by atoms with Crippen LogP contribution in [0.1, 0.15) is 46.1 Å². The second-order valence-corrected chi connectivity index (χ2v) is 6.94. The van der Waals surface area contributed by atoms with Crippen molar-refractivity contribution in [2.45, 2.75) is 51.9 Å². The lowest BCUT2D eigenvalue weighted by atomic mass is 9.76. The average Bonchev–Trinajstić information content (AvgIpc) is 2.62. The summed E-state index contributed by atoms with van der Waals surface area (Å²) in [6.07, 6.45) is 2.01. The first-order chi connectivity index (χ1) is 12.2. The van der Waals surface area contributed by atoms with E-state index in [0.29, 0.717) is 12.7 Å². The number of ether oxygens (including phenoxy) is 2. The van der Waals surface area contributed by atoms with Gasteiger partial charge in [-0.3, -0.25) is 0 Å². The van der Waals surface area contributed by atoms with Gasteiger partial charge in [-0.1, -0.05) is 51.1 Å². The summed E-state index contributed by atoms with van der Waals surface area (Å²) < 4.78 is 35.6. The molecule has 0 aliphatic rings. The second kappa shape index (κ2) is 8.02. The smallest absolute Gasteiger partial charge is 0.344 e. The molecule has 0 aliphatic carbocycles. The molecule has 0 atom stereocenters. The van der Waals surface area contributed by atoms with E-state index < -0.39 is 25.1 Å². The monoisotopic (exact) mass is 364 g/mol. The number of hydrogen-bond acceptors (Lipinski definition) is 3. The van der Waals surface area contributed by atoms with E-state index in [4.69, 9.17) is 4.74 Å². The van der Waals surface area contributed by atoms with Crippen LogP contribution < -0.4 is 4.74 Å². The molecule has 3 nitrogen and oxygen atoms in total. The Morgan fingerprint density at radius 3 is 2.23 bits per heavy atom.